The van der Waals surface area contributed by atoms with E-state index in [2.05, 4.69) is 6.92 Å². The highest BCUT2D eigenvalue weighted by molar-refractivity contribution is 5.78. The third kappa shape index (κ3) is 13.2. The zero-order valence-electron chi connectivity index (χ0n) is 11.7. The highest BCUT2D eigenvalue weighted by Gasteiger charge is 2.03. The van der Waals surface area contributed by atoms with Crippen molar-refractivity contribution >= 4 is 11.8 Å². The molecule has 1 N–H and O–H groups in total. The van der Waals surface area contributed by atoms with Crippen LogP contribution in [0.3, 0.4) is 0 Å². The fourth-order valence-electron chi connectivity index (χ4n) is 2.02. The summed E-state index contributed by atoms with van der Waals surface area (Å²) in [5, 5.41) is 8.45. The average Bonchev–Trinajstić information content (AvgIpc) is 2.32. The Morgan fingerprint density at radius 2 is 1.22 bits per heavy atom. The molecule has 0 aromatic rings. The topological polar surface area (TPSA) is 54.4 Å². The Morgan fingerprint density at radius 1 is 0.722 bits per heavy atom. The zero-order valence-corrected chi connectivity index (χ0v) is 11.7. The largest absolute Gasteiger partial charge is 0.481 e. The Labute approximate surface area is 111 Å². The summed E-state index contributed by atoms with van der Waals surface area (Å²) in [6.07, 6.45) is 11.6. The number of Topliss-reactive ketones (excluding diaryl/α,β-unsaturated/α-hetero) is 1. The van der Waals surface area contributed by atoms with Crippen LogP contribution in [0.25, 0.3) is 0 Å². The number of hydrogen-bond donors (Lipinski definition) is 1. The number of hydrogen-bond acceptors (Lipinski definition) is 2. The fraction of sp³-hybridized carbons (Fsp3) is 0.867. The van der Waals surface area contributed by atoms with Crippen molar-refractivity contribution < 1.29 is 14.7 Å². The fourth-order valence-corrected chi connectivity index (χ4v) is 2.02. The Kier molecular flexibility index (Phi) is 12.0. The molecule has 0 aliphatic rings. The first-order valence-electron chi connectivity index (χ1n) is 7.40. The van der Waals surface area contributed by atoms with Crippen LogP contribution in [-0.2, 0) is 9.59 Å². The molecule has 3 heteroatoms. The van der Waals surface area contributed by atoms with Gasteiger partial charge in [-0.3, -0.25) is 9.59 Å². The number of carboxylic acids is 1. The molecule has 0 unspecified atom stereocenters. The van der Waals surface area contributed by atoms with Gasteiger partial charge in [-0.25, -0.2) is 0 Å². The summed E-state index contributed by atoms with van der Waals surface area (Å²) in [5.41, 5.74) is 0. The summed E-state index contributed by atoms with van der Waals surface area (Å²) in [5.74, 6) is -0.586. The van der Waals surface area contributed by atoms with Crippen molar-refractivity contribution in [1.82, 2.24) is 0 Å². The van der Waals surface area contributed by atoms with Crippen LogP contribution < -0.4 is 0 Å². The molecule has 0 atom stereocenters. The number of rotatable bonds is 13. The molecule has 0 aromatic carbocycles. The number of carboxylic acid groups (broad SMARTS) is 1. The quantitative estimate of drug-likeness (QED) is 0.499. The van der Waals surface area contributed by atoms with Crippen molar-refractivity contribution in [2.45, 2.75) is 84.0 Å². The van der Waals surface area contributed by atoms with Crippen LogP contribution in [0.1, 0.15) is 84.0 Å². The predicted molar refractivity (Wildman–Crippen MR) is 73.7 cm³/mol. The second-order valence-corrected chi connectivity index (χ2v) is 5.01. The van der Waals surface area contributed by atoms with Crippen LogP contribution in [0, 0.1) is 0 Å². The van der Waals surface area contributed by atoms with Crippen molar-refractivity contribution in [2.24, 2.45) is 0 Å². The minimum Gasteiger partial charge on any atom is -0.481 e. The smallest absolute Gasteiger partial charge is 0.303 e. The molecule has 106 valence electrons. The lowest BCUT2D eigenvalue weighted by molar-refractivity contribution is -0.137. The summed E-state index contributed by atoms with van der Waals surface area (Å²) in [6.45, 7) is 2.22. The van der Waals surface area contributed by atoms with Gasteiger partial charge in [-0.1, -0.05) is 51.9 Å². The molecule has 0 heterocycles. The van der Waals surface area contributed by atoms with Gasteiger partial charge in [0.25, 0.3) is 0 Å². The monoisotopic (exact) mass is 256 g/mol. The average molecular weight is 256 g/mol. The van der Waals surface area contributed by atoms with Gasteiger partial charge in [0.15, 0.2) is 0 Å². The molecule has 0 aliphatic heterocycles. The Bertz CT molecular complexity index is 224. The van der Waals surface area contributed by atoms with Crippen LogP contribution >= 0.6 is 0 Å². The molecule has 0 spiro atoms. The van der Waals surface area contributed by atoms with E-state index < -0.39 is 5.97 Å². The number of carbonyl (C=O) groups is 2. The predicted octanol–water partition coefficient (Wildman–Crippen LogP) is 4.34. The zero-order chi connectivity index (χ0) is 13.6. The molecule has 3 nitrogen and oxygen atoms in total. The second kappa shape index (κ2) is 12.6. The van der Waals surface area contributed by atoms with Gasteiger partial charge >= 0.3 is 5.97 Å². The maximum absolute atomic E-state index is 11.4. The van der Waals surface area contributed by atoms with Gasteiger partial charge in [0.1, 0.15) is 5.78 Å². The van der Waals surface area contributed by atoms with Crippen LogP contribution in [0.5, 0.6) is 0 Å². The molecule has 0 saturated carbocycles. The third-order valence-electron chi connectivity index (χ3n) is 3.16. The molecule has 0 aromatic heterocycles. The maximum atomic E-state index is 11.4. The Balaban J connectivity index is 3.17. The summed E-state index contributed by atoms with van der Waals surface area (Å²) < 4.78 is 0. The minimum absolute atomic E-state index is 0.114. The normalized spacial score (nSPS) is 10.5. The lowest BCUT2D eigenvalue weighted by atomic mass is 10.0. The summed E-state index contributed by atoms with van der Waals surface area (Å²) in [4.78, 5) is 21.7. The van der Waals surface area contributed by atoms with Gasteiger partial charge in [0.05, 0.1) is 0 Å². The molecule has 0 radical (unpaired) electrons. The van der Waals surface area contributed by atoms with Crippen molar-refractivity contribution in [2.75, 3.05) is 0 Å². The van der Waals surface area contributed by atoms with Crippen molar-refractivity contribution in [3.63, 3.8) is 0 Å². The van der Waals surface area contributed by atoms with Gasteiger partial charge in [-0.05, 0) is 12.8 Å². The van der Waals surface area contributed by atoms with E-state index in [4.69, 9.17) is 5.11 Å². The van der Waals surface area contributed by atoms with E-state index in [1.807, 2.05) is 0 Å². The van der Waals surface area contributed by atoms with Gasteiger partial charge in [-0.2, -0.15) is 0 Å². The molecular formula is C15H28O3. The van der Waals surface area contributed by atoms with E-state index in [1.165, 1.54) is 38.5 Å². The third-order valence-corrected chi connectivity index (χ3v) is 3.16. The van der Waals surface area contributed by atoms with E-state index in [1.54, 1.807) is 0 Å². The maximum Gasteiger partial charge on any atom is 0.303 e. The van der Waals surface area contributed by atoms with Gasteiger partial charge < -0.3 is 5.11 Å². The summed E-state index contributed by atoms with van der Waals surface area (Å²) in [7, 11) is 0. The van der Waals surface area contributed by atoms with Crippen LogP contribution in [0.2, 0.25) is 0 Å². The molecule has 18 heavy (non-hydrogen) atoms. The first kappa shape index (κ1) is 17.1. The Hall–Kier alpha value is -0.860. The lowest BCUT2D eigenvalue weighted by Gasteiger charge is -2.01. The van der Waals surface area contributed by atoms with Crippen molar-refractivity contribution in [3.05, 3.63) is 0 Å². The first-order chi connectivity index (χ1) is 8.66. The van der Waals surface area contributed by atoms with E-state index in [0.29, 0.717) is 19.3 Å². The molecular weight excluding hydrogens is 228 g/mol. The van der Waals surface area contributed by atoms with Gasteiger partial charge in [0, 0.05) is 19.3 Å². The molecule has 0 fully saturated rings. The standard InChI is InChI=1S/C15H28O3/c1-2-3-4-5-6-7-8-9-11-14(16)12-10-13-15(17)18/h2-13H2,1H3,(H,17,18). The first-order valence-corrected chi connectivity index (χ1v) is 7.40. The van der Waals surface area contributed by atoms with Crippen molar-refractivity contribution in [1.29, 1.82) is 0 Å². The number of ketones is 1. The van der Waals surface area contributed by atoms with E-state index in [-0.39, 0.29) is 12.2 Å². The minimum atomic E-state index is -0.810. The molecule has 0 saturated heterocycles. The second-order valence-electron chi connectivity index (χ2n) is 5.01. The SMILES string of the molecule is CCCCCCCCCCC(=O)CCCC(=O)O. The van der Waals surface area contributed by atoms with Crippen molar-refractivity contribution in [3.8, 4) is 0 Å². The summed E-state index contributed by atoms with van der Waals surface area (Å²) >= 11 is 0. The summed E-state index contributed by atoms with van der Waals surface area (Å²) in [6, 6.07) is 0. The number of aliphatic carboxylic acids is 1. The van der Waals surface area contributed by atoms with Gasteiger partial charge in [0.2, 0.25) is 0 Å². The molecule has 0 aliphatic carbocycles. The van der Waals surface area contributed by atoms with Crippen LogP contribution in [0.4, 0.5) is 0 Å². The number of carbonyl (C=O) groups excluding carboxylic acids is 1. The molecule has 0 rings (SSSR count). The Morgan fingerprint density at radius 3 is 1.78 bits per heavy atom. The highest BCUT2D eigenvalue weighted by Crippen LogP contribution is 2.10. The van der Waals surface area contributed by atoms with E-state index in [0.717, 1.165) is 12.8 Å². The lowest BCUT2D eigenvalue weighted by Crippen LogP contribution is -2.00. The van der Waals surface area contributed by atoms with Crippen LogP contribution in [-0.4, -0.2) is 16.9 Å². The number of unbranched alkanes of at least 4 members (excludes halogenated alkanes) is 7. The van der Waals surface area contributed by atoms with E-state index in [9.17, 15) is 9.59 Å². The van der Waals surface area contributed by atoms with Gasteiger partial charge in [-0.15, -0.1) is 0 Å². The van der Waals surface area contributed by atoms with E-state index >= 15 is 0 Å². The highest BCUT2D eigenvalue weighted by atomic mass is 16.4. The van der Waals surface area contributed by atoms with Crippen LogP contribution in [0.15, 0.2) is 0 Å². The molecule has 0 bridgehead atoms. The molecule has 0 amide bonds.